The highest BCUT2D eigenvalue weighted by Gasteiger charge is 2.32. The molecule has 4 N–H and O–H groups in total. The van der Waals surface area contributed by atoms with Gasteiger partial charge in [0.2, 0.25) is 5.28 Å². The van der Waals surface area contributed by atoms with Crippen LogP contribution in [0.4, 0.5) is 30.4 Å². The second-order valence-electron chi connectivity index (χ2n) is 8.29. The first-order valence-electron chi connectivity index (χ1n) is 10.9. The SMILES string of the molecule is Nc1cc(CNc2nc(Cl)nc3c2CN(C(=O)c2cc(N4C=CNC4)ccn2)C3)cc(C(F)(F)F)c1. The van der Waals surface area contributed by atoms with Crippen LogP contribution in [-0.4, -0.2) is 32.4 Å². The van der Waals surface area contributed by atoms with Crippen molar-refractivity contribution in [1.82, 2.24) is 25.2 Å². The maximum Gasteiger partial charge on any atom is 0.416 e. The van der Waals surface area contributed by atoms with E-state index in [0.717, 1.165) is 17.8 Å². The molecule has 36 heavy (non-hydrogen) atoms. The van der Waals surface area contributed by atoms with Crippen LogP contribution in [0.15, 0.2) is 48.9 Å². The fourth-order valence-corrected chi connectivity index (χ4v) is 4.27. The summed E-state index contributed by atoms with van der Waals surface area (Å²) >= 11 is 6.09. The summed E-state index contributed by atoms with van der Waals surface area (Å²) in [6.45, 7) is 0.991. The lowest BCUT2D eigenvalue weighted by Gasteiger charge is -2.18. The third kappa shape index (κ3) is 4.85. The first kappa shape index (κ1) is 23.7. The highest BCUT2D eigenvalue weighted by molar-refractivity contribution is 6.28. The van der Waals surface area contributed by atoms with Crippen LogP contribution in [0, 0.1) is 0 Å². The molecule has 2 aliphatic rings. The number of halogens is 4. The largest absolute Gasteiger partial charge is 0.416 e. The van der Waals surface area contributed by atoms with Gasteiger partial charge in [0, 0.05) is 42.1 Å². The summed E-state index contributed by atoms with van der Waals surface area (Å²) in [5.41, 5.74) is 7.42. The average Bonchev–Trinajstić information content (AvgIpc) is 3.52. The van der Waals surface area contributed by atoms with Crippen LogP contribution in [0.5, 0.6) is 0 Å². The fraction of sp³-hybridized carbons (Fsp3) is 0.217. The molecule has 0 saturated carbocycles. The van der Waals surface area contributed by atoms with Gasteiger partial charge in [-0.15, -0.1) is 0 Å². The van der Waals surface area contributed by atoms with E-state index < -0.39 is 11.7 Å². The lowest BCUT2D eigenvalue weighted by molar-refractivity contribution is -0.137. The minimum absolute atomic E-state index is 0.000668. The summed E-state index contributed by atoms with van der Waals surface area (Å²) in [7, 11) is 0. The van der Waals surface area contributed by atoms with Crippen molar-refractivity contribution in [3.8, 4) is 0 Å². The number of alkyl halides is 3. The second kappa shape index (κ2) is 9.19. The van der Waals surface area contributed by atoms with Crippen LogP contribution in [-0.2, 0) is 25.8 Å². The number of rotatable bonds is 5. The minimum atomic E-state index is -4.52. The molecule has 13 heteroatoms. The predicted octanol–water partition coefficient (Wildman–Crippen LogP) is 3.73. The number of amides is 1. The molecular weight excluding hydrogens is 497 g/mol. The molecule has 1 amide bonds. The molecule has 186 valence electrons. The maximum atomic E-state index is 13.2. The quantitative estimate of drug-likeness (QED) is 0.347. The zero-order valence-electron chi connectivity index (χ0n) is 18.7. The van der Waals surface area contributed by atoms with Crippen molar-refractivity contribution in [2.45, 2.75) is 25.8 Å². The van der Waals surface area contributed by atoms with Gasteiger partial charge in [-0.05, 0) is 47.5 Å². The van der Waals surface area contributed by atoms with Gasteiger partial charge in [-0.3, -0.25) is 9.78 Å². The number of nitrogens with zero attached hydrogens (tertiary/aromatic N) is 5. The van der Waals surface area contributed by atoms with Gasteiger partial charge < -0.3 is 26.2 Å². The van der Waals surface area contributed by atoms with Gasteiger partial charge in [-0.1, -0.05) is 0 Å². The Morgan fingerprint density at radius 3 is 2.78 bits per heavy atom. The molecule has 0 saturated heterocycles. The number of nitrogens with one attached hydrogen (secondary N) is 2. The summed E-state index contributed by atoms with van der Waals surface area (Å²) in [6.07, 6.45) is 0.728. The van der Waals surface area contributed by atoms with Crippen molar-refractivity contribution in [3.63, 3.8) is 0 Å². The zero-order chi connectivity index (χ0) is 25.4. The van der Waals surface area contributed by atoms with Crippen molar-refractivity contribution in [2.75, 3.05) is 22.6 Å². The Morgan fingerprint density at radius 1 is 1.19 bits per heavy atom. The van der Waals surface area contributed by atoms with E-state index in [-0.39, 0.29) is 42.2 Å². The predicted molar refractivity (Wildman–Crippen MR) is 128 cm³/mol. The Bertz CT molecular complexity index is 1360. The Hall–Kier alpha value is -4.06. The summed E-state index contributed by atoms with van der Waals surface area (Å²) in [5, 5.41) is 6.05. The number of anilines is 3. The Labute approximate surface area is 208 Å². The molecule has 0 spiro atoms. The van der Waals surface area contributed by atoms with Gasteiger partial charge >= 0.3 is 6.18 Å². The smallest absolute Gasteiger partial charge is 0.399 e. The van der Waals surface area contributed by atoms with Gasteiger partial charge in [0.05, 0.1) is 31.0 Å². The maximum absolute atomic E-state index is 13.2. The number of fused-ring (bicyclic) bond motifs is 1. The molecule has 0 bridgehead atoms. The number of carbonyl (C=O) groups is 1. The topological polar surface area (TPSA) is 112 Å². The normalized spacial score (nSPS) is 14.7. The highest BCUT2D eigenvalue weighted by Crippen LogP contribution is 2.33. The van der Waals surface area contributed by atoms with Crippen LogP contribution >= 0.6 is 11.6 Å². The lowest BCUT2D eigenvalue weighted by atomic mass is 10.1. The Morgan fingerprint density at radius 2 is 2.03 bits per heavy atom. The van der Waals surface area contributed by atoms with Gasteiger partial charge in [0.25, 0.3) is 5.91 Å². The number of benzene rings is 1. The monoisotopic (exact) mass is 516 g/mol. The second-order valence-corrected chi connectivity index (χ2v) is 8.63. The number of nitrogen functional groups attached to an aromatic ring is 1. The first-order valence-corrected chi connectivity index (χ1v) is 11.2. The van der Waals surface area contributed by atoms with Crippen LogP contribution < -0.4 is 21.3 Å². The minimum Gasteiger partial charge on any atom is -0.399 e. The third-order valence-electron chi connectivity index (χ3n) is 5.77. The van der Waals surface area contributed by atoms with E-state index in [1.165, 1.54) is 6.07 Å². The van der Waals surface area contributed by atoms with Crippen LogP contribution in [0.3, 0.4) is 0 Å². The standard InChI is InChI=1S/C23H20ClF3N8O/c24-22-32-19-11-35(21(36)18-8-16(1-2-30-18)34-4-3-29-12-34)10-17(19)20(33-22)31-9-13-5-14(23(25,26)27)7-15(28)6-13/h1-8,29H,9-12,28H2,(H,31,32,33). The molecule has 9 nitrogen and oxygen atoms in total. The van der Waals surface area contributed by atoms with E-state index in [9.17, 15) is 18.0 Å². The van der Waals surface area contributed by atoms with Crippen LogP contribution in [0.1, 0.15) is 32.9 Å². The fourth-order valence-electron chi connectivity index (χ4n) is 4.09. The van der Waals surface area contributed by atoms with Crippen molar-refractivity contribution < 1.29 is 18.0 Å². The molecular formula is C23H20ClF3N8O. The van der Waals surface area contributed by atoms with Crippen molar-refractivity contribution in [3.05, 3.63) is 82.3 Å². The summed E-state index contributed by atoms with van der Waals surface area (Å²) < 4.78 is 39.4. The molecule has 3 aromatic rings. The van der Waals surface area contributed by atoms with E-state index in [0.29, 0.717) is 29.3 Å². The molecule has 0 radical (unpaired) electrons. The van der Waals surface area contributed by atoms with Gasteiger partial charge in [0.1, 0.15) is 11.5 Å². The van der Waals surface area contributed by atoms with Gasteiger partial charge in [-0.2, -0.15) is 13.2 Å². The highest BCUT2D eigenvalue weighted by atomic mass is 35.5. The number of nitrogens with two attached hydrogens (primary N) is 1. The van der Waals surface area contributed by atoms with Crippen LogP contribution in [0.25, 0.3) is 0 Å². The Balaban J connectivity index is 1.34. The van der Waals surface area contributed by atoms with Gasteiger partial charge in [-0.25, -0.2) is 9.97 Å². The average molecular weight is 517 g/mol. The van der Waals surface area contributed by atoms with E-state index in [1.54, 1.807) is 23.2 Å². The summed E-state index contributed by atoms with van der Waals surface area (Å²) in [6, 6.07) is 6.86. The molecule has 2 aliphatic heterocycles. The van der Waals surface area contributed by atoms with E-state index in [4.69, 9.17) is 17.3 Å². The lowest BCUT2D eigenvalue weighted by Crippen LogP contribution is -2.27. The number of pyridine rings is 1. The van der Waals surface area contributed by atoms with Crippen LogP contribution in [0.2, 0.25) is 5.28 Å². The number of hydrogen-bond acceptors (Lipinski definition) is 8. The summed E-state index contributed by atoms with van der Waals surface area (Å²) in [5.74, 6) is 0.0463. The molecule has 2 aromatic heterocycles. The van der Waals surface area contributed by atoms with Crippen molar-refractivity contribution >= 4 is 34.7 Å². The third-order valence-corrected chi connectivity index (χ3v) is 5.94. The number of hydrogen-bond donors (Lipinski definition) is 3. The van der Waals surface area contributed by atoms with Gasteiger partial charge in [0.15, 0.2) is 0 Å². The van der Waals surface area contributed by atoms with E-state index in [1.807, 2.05) is 17.3 Å². The summed E-state index contributed by atoms with van der Waals surface area (Å²) in [4.78, 5) is 29.4. The van der Waals surface area contributed by atoms with E-state index >= 15 is 0 Å². The van der Waals surface area contributed by atoms with E-state index in [2.05, 4.69) is 25.6 Å². The number of aromatic nitrogens is 3. The Kier molecular flexibility index (Phi) is 6.04. The molecule has 0 unspecified atom stereocenters. The molecule has 1 aromatic carbocycles. The van der Waals surface area contributed by atoms with Crippen molar-refractivity contribution in [1.29, 1.82) is 0 Å². The first-order chi connectivity index (χ1) is 17.2. The molecule has 0 fully saturated rings. The van der Waals surface area contributed by atoms with Crippen molar-refractivity contribution in [2.24, 2.45) is 0 Å². The molecule has 0 atom stereocenters. The molecule has 0 aliphatic carbocycles. The molecule has 4 heterocycles. The number of carbonyl (C=O) groups excluding carboxylic acids is 1. The zero-order valence-corrected chi connectivity index (χ0v) is 19.4. The molecule has 5 rings (SSSR count).